The quantitative estimate of drug-likeness (QED) is 0.691. The minimum Gasteiger partial charge on any atom is -0.495 e. The summed E-state index contributed by atoms with van der Waals surface area (Å²) in [6, 6.07) is 6.73. The van der Waals surface area contributed by atoms with Crippen LogP contribution in [0.15, 0.2) is 41.3 Å². The highest BCUT2D eigenvalue weighted by Gasteiger charge is 2.27. The monoisotopic (exact) mass is 438 g/mol. The minimum atomic E-state index is -3.88. The van der Waals surface area contributed by atoms with E-state index in [1.807, 2.05) is 0 Å². The van der Waals surface area contributed by atoms with Crippen LogP contribution in [-0.2, 0) is 10.0 Å². The molecule has 0 saturated heterocycles. The van der Waals surface area contributed by atoms with E-state index in [2.05, 4.69) is 10.0 Å². The fourth-order valence-electron chi connectivity index (χ4n) is 3.50. The number of benzene rings is 2. The maximum Gasteiger partial charge on any atom is 0.251 e. The normalized spacial score (nSPS) is 15.7. The van der Waals surface area contributed by atoms with E-state index in [4.69, 9.17) is 4.74 Å². The maximum absolute atomic E-state index is 13.5. The van der Waals surface area contributed by atoms with Gasteiger partial charge < -0.3 is 10.1 Å². The molecular formula is C21H24F2N2O4S. The molecule has 0 aliphatic heterocycles. The zero-order valence-corrected chi connectivity index (χ0v) is 17.6. The second-order valence-corrected chi connectivity index (χ2v) is 9.02. The molecule has 1 atom stereocenters. The van der Waals surface area contributed by atoms with Crippen LogP contribution in [0.2, 0.25) is 0 Å². The molecule has 0 radical (unpaired) electrons. The lowest BCUT2D eigenvalue weighted by Gasteiger charge is -2.17. The van der Waals surface area contributed by atoms with E-state index in [1.54, 1.807) is 6.92 Å². The van der Waals surface area contributed by atoms with Crippen LogP contribution in [0.4, 0.5) is 8.78 Å². The maximum atomic E-state index is 13.5. The van der Waals surface area contributed by atoms with Crippen LogP contribution in [0.1, 0.15) is 54.6 Å². The number of hydrogen-bond donors (Lipinski definition) is 2. The smallest absolute Gasteiger partial charge is 0.251 e. The predicted octanol–water partition coefficient (Wildman–Crippen LogP) is 3.69. The standard InChI is InChI=1S/C21H24F2N2O4S/c1-13(14-7-9-17(22)18(23)11-14)24-21(26)15-8-10-19(29-2)20(12-15)30(27,28)25-16-5-3-4-6-16/h7-13,16,25H,3-6H2,1-2H3,(H,24,26). The average molecular weight is 438 g/mol. The fraction of sp³-hybridized carbons (Fsp3) is 0.381. The van der Waals surface area contributed by atoms with Gasteiger partial charge in [0.05, 0.1) is 13.2 Å². The van der Waals surface area contributed by atoms with E-state index in [1.165, 1.54) is 31.4 Å². The first-order valence-electron chi connectivity index (χ1n) is 9.67. The van der Waals surface area contributed by atoms with Crippen LogP contribution < -0.4 is 14.8 Å². The van der Waals surface area contributed by atoms with E-state index >= 15 is 0 Å². The summed E-state index contributed by atoms with van der Waals surface area (Å²) in [5.74, 6) is -2.40. The van der Waals surface area contributed by atoms with Crippen LogP contribution in [0.25, 0.3) is 0 Å². The Labute approximate surface area is 174 Å². The number of hydrogen-bond acceptors (Lipinski definition) is 4. The first-order chi connectivity index (χ1) is 14.2. The van der Waals surface area contributed by atoms with Gasteiger partial charge in [-0.05, 0) is 55.7 Å². The molecule has 1 fully saturated rings. The third-order valence-electron chi connectivity index (χ3n) is 5.18. The molecule has 0 spiro atoms. The summed E-state index contributed by atoms with van der Waals surface area (Å²) < 4.78 is 60.1. The van der Waals surface area contributed by atoms with Crippen molar-refractivity contribution in [1.82, 2.24) is 10.0 Å². The van der Waals surface area contributed by atoms with Crippen molar-refractivity contribution < 1.29 is 26.7 Å². The lowest BCUT2D eigenvalue weighted by Crippen LogP contribution is -2.33. The van der Waals surface area contributed by atoms with Crippen molar-refractivity contribution in [3.8, 4) is 5.75 Å². The highest BCUT2D eigenvalue weighted by Crippen LogP contribution is 2.27. The van der Waals surface area contributed by atoms with Gasteiger partial charge in [-0.25, -0.2) is 21.9 Å². The molecule has 9 heteroatoms. The van der Waals surface area contributed by atoms with E-state index in [-0.39, 0.29) is 22.3 Å². The molecule has 1 unspecified atom stereocenters. The van der Waals surface area contributed by atoms with E-state index < -0.39 is 33.6 Å². The Morgan fingerprint density at radius 1 is 1.10 bits per heavy atom. The molecule has 2 N–H and O–H groups in total. The molecule has 1 saturated carbocycles. The molecule has 2 aromatic rings. The number of amides is 1. The van der Waals surface area contributed by atoms with Gasteiger partial charge in [-0.3, -0.25) is 4.79 Å². The van der Waals surface area contributed by atoms with Crippen molar-refractivity contribution in [2.75, 3.05) is 7.11 Å². The molecule has 0 bridgehead atoms. The topological polar surface area (TPSA) is 84.5 Å². The average Bonchev–Trinajstić information content (AvgIpc) is 3.21. The zero-order valence-electron chi connectivity index (χ0n) is 16.7. The molecule has 6 nitrogen and oxygen atoms in total. The Hall–Kier alpha value is -2.52. The predicted molar refractivity (Wildman–Crippen MR) is 108 cm³/mol. The Morgan fingerprint density at radius 3 is 2.43 bits per heavy atom. The summed E-state index contributed by atoms with van der Waals surface area (Å²) in [5, 5.41) is 2.66. The highest BCUT2D eigenvalue weighted by molar-refractivity contribution is 7.89. The highest BCUT2D eigenvalue weighted by atomic mass is 32.2. The summed E-state index contributed by atoms with van der Waals surface area (Å²) in [6.45, 7) is 1.62. The molecule has 1 amide bonds. The summed E-state index contributed by atoms with van der Waals surface area (Å²) in [6.07, 6.45) is 3.48. The van der Waals surface area contributed by atoms with Crippen molar-refractivity contribution >= 4 is 15.9 Å². The number of rotatable bonds is 7. The lowest BCUT2D eigenvalue weighted by molar-refractivity contribution is 0.0939. The molecule has 0 heterocycles. The minimum absolute atomic E-state index is 0.108. The first-order valence-corrected chi connectivity index (χ1v) is 11.2. The van der Waals surface area contributed by atoms with Crippen molar-refractivity contribution in [3.63, 3.8) is 0 Å². The number of carbonyl (C=O) groups excluding carboxylic acids is 1. The lowest BCUT2D eigenvalue weighted by atomic mass is 10.1. The second kappa shape index (κ2) is 9.09. The number of ether oxygens (including phenoxy) is 1. The Kier molecular flexibility index (Phi) is 6.72. The van der Waals surface area contributed by atoms with Crippen LogP contribution in [-0.4, -0.2) is 27.5 Å². The van der Waals surface area contributed by atoms with Crippen LogP contribution in [0.3, 0.4) is 0 Å². The molecular weight excluding hydrogens is 414 g/mol. The van der Waals surface area contributed by atoms with Gasteiger partial charge >= 0.3 is 0 Å². The number of sulfonamides is 1. The van der Waals surface area contributed by atoms with Gasteiger partial charge in [0, 0.05) is 11.6 Å². The van der Waals surface area contributed by atoms with Crippen molar-refractivity contribution in [1.29, 1.82) is 0 Å². The molecule has 162 valence electrons. The zero-order chi connectivity index (χ0) is 21.9. The van der Waals surface area contributed by atoms with E-state index in [0.717, 1.165) is 37.8 Å². The second-order valence-electron chi connectivity index (χ2n) is 7.34. The van der Waals surface area contributed by atoms with Gasteiger partial charge in [0.1, 0.15) is 10.6 Å². The summed E-state index contributed by atoms with van der Waals surface area (Å²) in [4.78, 5) is 12.5. The molecule has 0 aromatic heterocycles. The summed E-state index contributed by atoms with van der Waals surface area (Å²) in [7, 11) is -2.52. The Balaban J connectivity index is 1.82. The molecule has 3 rings (SSSR count). The Morgan fingerprint density at radius 2 is 1.80 bits per heavy atom. The number of methoxy groups -OCH3 is 1. The number of halogens is 2. The fourth-order valence-corrected chi connectivity index (χ4v) is 5.00. The largest absolute Gasteiger partial charge is 0.495 e. The van der Waals surface area contributed by atoms with Gasteiger partial charge in [-0.2, -0.15) is 0 Å². The van der Waals surface area contributed by atoms with E-state index in [0.29, 0.717) is 5.56 Å². The van der Waals surface area contributed by atoms with E-state index in [9.17, 15) is 22.0 Å². The summed E-state index contributed by atoms with van der Waals surface area (Å²) >= 11 is 0. The third kappa shape index (κ3) is 4.96. The van der Waals surface area contributed by atoms with Gasteiger partial charge in [-0.1, -0.05) is 18.9 Å². The van der Waals surface area contributed by atoms with Crippen LogP contribution >= 0.6 is 0 Å². The molecule has 1 aliphatic rings. The summed E-state index contributed by atoms with van der Waals surface area (Å²) in [5.41, 5.74) is 0.489. The van der Waals surface area contributed by atoms with Gasteiger partial charge in [0.25, 0.3) is 5.91 Å². The van der Waals surface area contributed by atoms with Crippen LogP contribution in [0.5, 0.6) is 5.75 Å². The van der Waals surface area contributed by atoms with Gasteiger partial charge in [-0.15, -0.1) is 0 Å². The number of carbonyl (C=O) groups is 1. The van der Waals surface area contributed by atoms with Crippen LogP contribution in [0, 0.1) is 11.6 Å². The first kappa shape index (κ1) is 22.2. The van der Waals surface area contributed by atoms with Crippen molar-refractivity contribution in [2.45, 2.75) is 49.6 Å². The Bertz CT molecular complexity index is 1040. The third-order valence-corrected chi connectivity index (χ3v) is 6.73. The SMILES string of the molecule is COc1ccc(C(=O)NC(C)c2ccc(F)c(F)c2)cc1S(=O)(=O)NC1CCCC1. The number of nitrogens with one attached hydrogen (secondary N) is 2. The molecule has 2 aromatic carbocycles. The van der Waals surface area contributed by atoms with Crippen molar-refractivity contribution in [3.05, 3.63) is 59.2 Å². The molecule has 30 heavy (non-hydrogen) atoms. The van der Waals surface area contributed by atoms with Crippen molar-refractivity contribution in [2.24, 2.45) is 0 Å². The van der Waals surface area contributed by atoms with Gasteiger partial charge in [0.15, 0.2) is 11.6 Å². The molecule has 1 aliphatic carbocycles. The van der Waals surface area contributed by atoms with Gasteiger partial charge in [0.2, 0.25) is 10.0 Å².